The Hall–Kier alpha value is -3.33. The quantitative estimate of drug-likeness (QED) is 0.538. The number of carbonyl (C=O) groups is 1. The van der Waals surface area contributed by atoms with Crippen LogP contribution in [-0.2, 0) is 11.2 Å². The number of nitrogens with one attached hydrogen (secondary N) is 3. The maximum absolute atomic E-state index is 12.3. The highest BCUT2D eigenvalue weighted by atomic mass is 16.6. The van der Waals surface area contributed by atoms with Gasteiger partial charge in [0.05, 0.1) is 23.4 Å². The van der Waals surface area contributed by atoms with Gasteiger partial charge >= 0.3 is 6.09 Å². The maximum atomic E-state index is 12.3. The van der Waals surface area contributed by atoms with Crippen molar-refractivity contribution in [1.82, 2.24) is 0 Å². The Morgan fingerprint density at radius 1 is 1.16 bits per heavy atom. The lowest BCUT2D eigenvalue weighted by Crippen LogP contribution is -2.27. The van der Waals surface area contributed by atoms with Crippen molar-refractivity contribution in [3.8, 4) is 6.07 Å². The fraction of sp³-hybridized carbons (Fsp3) is 0.400. The van der Waals surface area contributed by atoms with Crippen molar-refractivity contribution < 1.29 is 9.53 Å². The Kier molecular flexibility index (Phi) is 5.45. The maximum Gasteiger partial charge on any atom is 0.412 e. The number of anilines is 2. The zero-order chi connectivity index (χ0) is 22.2. The molecule has 31 heavy (non-hydrogen) atoms. The van der Waals surface area contributed by atoms with E-state index >= 15 is 0 Å². The van der Waals surface area contributed by atoms with Gasteiger partial charge in [0.15, 0.2) is 0 Å². The van der Waals surface area contributed by atoms with Crippen molar-refractivity contribution in [2.45, 2.75) is 58.1 Å². The van der Waals surface area contributed by atoms with E-state index in [1.54, 1.807) is 0 Å². The van der Waals surface area contributed by atoms with Crippen molar-refractivity contribution in [2.24, 2.45) is 5.92 Å². The van der Waals surface area contributed by atoms with Gasteiger partial charge in [0.2, 0.25) is 0 Å². The molecule has 6 nitrogen and oxygen atoms in total. The fourth-order valence-corrected chi connectivity index (χ4v) is 4.01. The molecule has 2 aromatic rings. The first-order valence-corrected chi connectivity index (χ1v) is 10.8. The number of aryl methyl sites for hydroxylation is 1. The molecule has 2 aliphatic carbocycles. The first-order chi connectivity index (χ1) is 14.7. The van der Waals surface area contributed by atoms with Gasteiger partial charge < -0.3 is 15.5 Å². The van der Waals surface area contributed by atoms with E-state index in [1.165, 1.54) is 11.1 Å². The largest absolute Gasteiger partial charge is 0.444 e. The van der Waals surface area contributed by atoms with Crippen molar-refractivity contribution in [1.29, 1.82) is 10.7 Å². The molecule has 0 bridgehead atoms. The molecule has 160 valence electrons. The molecule has 1 fully saturated rings. The smallest absolute Gasteiger partial charge is 0.412 e. The molecule has 4 rings (SSSR count). The summed E-state index contributed by atoms with van der Waals surface area (Å²) in [4.78, 5) is 12.3. The van der Waals surface area contributed by atoms with E-state index < -0.39 is 11.7 Å². The Morgan fingerprint density at radius 3 is 2.61 bits per heavy atom. The van der Waals surface area contributed by atoms with E-state index in [-0.39, 0.29) is 12.0 Å². The third-order valence-corrected chi connectivity index (χ3v) is 5.62. The predicted octanol–water partition coefficient (Wildman–Crippen LogP) is 5.78. The van der Waals surface area contributed by atoms with Crippen molar-refractivity contribution >= 4 is 23.2 Å². The van der Waals surface area contributed by atoms with Crippen LogP contribution in [0.2, 0.25) is 0 Å². The Morgan fingerprint density at radius 2 is 1.94 bits per heavy atom. The van der Waals surface area contributed by atoms with Crippen LogP contribution in [0.25, 0.3) is 0 Å². The van der Waals surface area contributed by atoms with Crippen LogP contribution in [0.3, 0.4) is 0 Å². The molecule has 3 N–H and O–H groups in total. The van der Waals surface area contributed by atoms with Crippen LogP contribution >= 0.6 is 0 Å². The van der Waals surface area contributed by atoms with E-state index in [0.29, 0.717) is 17.0 Å². The SMILES string of the molecule is CC(C)(C)OC(=O)Nc1ccc(NC2CCc3cc(C#N)ccc32)cc1C(=N)C1CC1. The second-order valence-corrected chi connectivity index (χ2v) is 9.34. The van der Waals surface area contributed by atoms with Crippen LogP contribution < -0.4 is 10.6 Å². The molecule has 1 atom stereocenters. The summed E-state index contributed by atoms with van der Waals surface area (Å²) in [5, 5.41) is 24.1. The molecule has 1 saturated carbocycles. The number of ether oxygens (including phenoxy) is 1. The lowest BCUT2D eigenvalue weighted by atomic mass is 10.0. The van der Waals surface area contributed by atoms with Gasteiger partial charge in [-0.2, -0.15) is 5.26 Å². The number of rotatable bonds is 5. The molecule has 0 aliphatic heterocycles. The van der Waals surface area contributed by atoms with Crippen LogP contribution in [0.15, 0.2) is 36.4 Å². The van der Waals surface area contributed by atoms with Crippen molar-refractivity contribution in [3.05, 3.63) is 58.7 Å². The van der Waals surface area contributed by atoms with Gasteiger partial charge in [0, 0.05) is 22.9 Å². The van der Waals surface area contributed by atoms with E-state index in [2.05, 4.69) is 16.7 Å². The lowest BCUT2D eigenvalue weighted by molar-refractivity contribution is 0.0636. The zero-order valence-electron chi connectivity index (χ0n) is 18.2. The number of fused-ring (bicyclic) bond motifs is 1. The number of nitrogens with zero attached hydrogens (tertiary/aromatic N) is 1. The molecule has 2 aromatic carbocycles. The average Bonchev–Trinajstić information content (AvgIpc) is 3.49. The minimum atomic E-state index is -0.586. The van der Waals surface area contributed by atoms with E-state index in [9.17, 15) is 4.79 Å². The summed E-state index contributed by atoms with van der Waals surface area (Å²) in [6.07, 6.45) is 3.40. The summed E-state index contributed by atoms with van der Waals surface area (Å²) in [5.74, 6) is 0.256. The molecule has 6 heteroatoms. The molecule has 0 radical (unpaired) electrons. The highest BCUT2D eigenvalue weighted by Crippen LogP contribution is 2.38. The van der Waals surface area contributed by atoms with Crippen LogP contribution in [0.4, 0.5) is 16.2 Å². The van der Waals surface area contributed by atoms with Crippen molar-refractivity contribution in [3.63, 3.8) is 0 Å². The van der Waals surface area contributed by atoms with Gasteiger partial charge in [-0.1, -0.05) is 6.07 Å². The van der Waals surface area contributed by atoms with Crippen LogP contribution in [-0.4, -0.2) is 17.4 Å². The number of amides is 1. The molecule has 2 aliphatic rings. The lowest BCUT2D eigenvalue weighted by Gasteiger charge is -2.21. The van der Waals surface area contributed by atoms with Crippen molar-refractivity contribution in [2.75, 3.05) is 10.6 Å². The first-order valence-electron chi connectivity index (χ1n) is 10.8. The second kappa shape index (κ2) is 8.07. The summed E-state index contributed by atoms with van der Waals surface area (Å²) >= 11 is 0. The Bertz CT molecular complexity index is 1070. The van der Waals surface area contributed by atoms with Gasteiger partial charge in [0.25, 0.3) is 0 Å². The monoisotopic (exact) mass is 416 g/mol. The van der Waals surface area contributed by atoms with E-state index in [4.69, 9.17) is 15.4 Å². The summed E-state index contributed by atoms with van der Waals surface area (Å²) in [6.45, 7) is 5.48. The molecule has 0 heterocycles. The number of nitriles is 1. The third-order valence-electron chi connectivity index (χ3n) is 5.62. The minimum absolute atomic E-state index is 0.162. The topological polar surface area (TPSA) is 98.0 Å². The molecular weight excluding hydrogens is 388 g/mol. The zero-order valence-corrected chi connectivity index (χ0v) is 18.2. The summed E-state index contributed by atoms with van der Waals surface area (Å²) in [6, 6.07) is 14.0. The molecule has 1 amide bonds. The Labute approximate surface area is 183 Å². The number of hydrogen-bond acceptors (Lipinski definition) is 5. The van der Waals surface area contributed by atoms with Crippen LogP contribution in [0, 0.1) is 22.7 Å². The molecule has 0 saturated heterocycles. The summed E-state index contributed by atoms with van der Waals surface area (Å²) in [7, 11) is 0. The normalized spacial score (nSPS) is 17.4. The molecule has 1 unspecified atom stereocenters. The third kappa shape index (κ3) is 4.88. The fourth-order valence-electron chi connectivity index (χ4n) is 4.01. The number of hydrogen-bond donors (Lipinski definition) is 3. The minimum Gasteiger partial charge on any atom is -0.444 e. The van der Waals surface area contributed by atoms with Gasteiger partial charge in [-0.05, 0) is 87.9 Å². The van der Waals surface area contributed by atoms with Gasteiger partial charge in [0.1, 0.15) is 5.60 Å². The molecule has 0 aromatic heterocycles. The van der Waals surface area contributed by atoms with Gasteiger partial charge in [-0.25, -0.2) is 4.79 Å². The van der Waals surface area contributed by atoms with E-state index in [0.717, 1.165) is 36.9 Å². The summed E-state index contributed by atoms with van der Waals surface area (Å²) < 4.78 is 5.39. The number of carbonyl (C=O) groups excluding carboxylic acids is 1. The standard InChI is InChI=1S/C25H28N4O2/c1-25(2,3)31-24(30)29-22-11-8-18(13-20(22)23(27)16-5-6-16)28-21-10-7-17-12-15(14-26)4-9-19(17)21/h4,8-9,11-13,16,21,27-28H,5-7,10H2,1-3H3,(H,29,30). The Balaban J connectivity index is 1.56. The molecular formula is C25H28N4O2. The first kappa shape index (κ1) is 20.9. The highest BCUT2D eigenvalue weighted by Gasteiger charge is 2.30. The number of benzene rings is 2. The van der Waals surface area contributed by atoms with Gasteiger partial charge in [-0.15, -0.1) is 0 Å². The highest BCUT2D eigenvalue weighted by molar-refractivity contribution is 6.08. The molecule has 0 spiro atoms. The van der Waals surface area contributed by atoms with Crippen LogP contribution in [0.1, 0.15) is 68.3 Å². The summed E-state index contributed by atoms with van der Waals surface area (Å²) in [5.41, 5.74) is 5.34. The second-order valence-electron chi connectivity index (χ2n) is 9.34. The van der Waals surface area contributed by atoms with Crippen LogP contribution in [0.5, 0.6) is 0 Å². The van der Waals surface area contributed by atoms with Gasteiger partial charge in [-0.3, -0.25) is 5.32 Å². The average molecular weight is 417 g/mol. The predicted molar refractivity (Wildman–Crippen MR) is 122 cm³/mol. The van der Waals surface area contributed by atoms with E-state index in [1.807, 2.05) is 57.2 Å².